The number of aryl methyl sites for hydroxylation is 2. The van der Waals surface area contributed by atoms with E-state index in [1.165, 1.54) is 12.1 Å². The fourth-order valence-electron chi connectivity index (χ4n) is 5.99. The average molecular weight is 610 g/mol. The van der Waals surface area contributed by atoms with Crippen LogP contribution < -0.4 is 16.2 Å². The van der Waals surface area contributed by atoms with Crippen LogP contribution in [-0.2, 0) is 11.2 Å². The van der Waals surface area contributed by atoms with Gasteiger partial charge in [0, 0.05) is 29.2 Å². The fraction of sp³-hybridized carbons (Fsp3) is 0.286. The average Bonchev–Trinajstić information content (AvgIpc) is 3.48. The molecule has 9 nitrogen and oxygen atoms in total. The number of aromatic nitrogens is 2. The fourth-order valence-corrected chi connectivity index (χ4v) is 5.99. The Balaban J connectivity index is 1.29. The molecule has 1 aliphatic rings. The van der Waals surface area contributed by atoms with Crippen molar-refractivity contribution >= 4 is 17.7 Å². The van der Waals surface area contributed by atoms with E-state index in [2.05, 4.69) is 20.8 Å². The van der Waals surface area contributed by atoms with Gasteiger partial charge >= 0.3 is 0 Å². The molecule has 1 fully saturated rings. The molecule has 0 aliphatic carbocycles. The molecule has 10 heteroatoms. The number of benzene rings is 3. The lowest BCUT2D eigenvalue weighted by Crippen LogP contribution is -2.52. The summed E-state index contributed by atoms with van der Waals surface area (Å²) in [5.74, 6) is -1.40. The molecule has 0 unspecified atom stereocenters. The third kappa shape index (κ3) is 7.34. The van der Waals surface area contributed by atoms with Crippen LogP contribution in [0.4, 0.5) is 4.39 Å². The highest BCUT2D eigenvalue weighted by Crippen LogP contribution is 2.37. The number of hydrogen-bond acceptors (Lipinski definition) is 5. The van der Waals surface area contributed by atoms with Crippen LogP contribution in [0.5, 0.6) is 0 Å². The van der Waals surface area contributed by atoms with Gasteiger partial charge in [-0.15, -0.1) is 0 Å². The van der Waals surface area contributed by atoms with Crippen molar-refractivity contribution in [2.45, 2.75) is 58.2 Å². The van der Waals surface area contributed by atoms with Crippen LogP contribution in [0.15, 0.2) is 83.7 Å². The Morgan fingerprint density at radius 3 is 2.44 bits per heavy atom. The first-order chi connectivity index (χ1) is 21.6. The SMILES string of the molecule is Cc1cc(Cc2ccc(C(=O)NCC(=O)N3[C@@H]([C@H](C)NC(=O)c4ccccc4)CC[C@H]3c3cccc(F)c3)cc2C)c(=O)[nH]n1. The van der Waals surface area contributed by atoms with Gasteiger partial charge in [0.15, 0.2) is 0 Å². The standard InChI is InChI=1S/C35H36FN5O4/c1-21-16-27(13-12-25(21)18-28-17-22(2)39-40-35(28)45)33(43)37-20-32(42)41-30(14-15-31(41)26-10-7-11-29(36)19-26)23(3)38-34(44)24-8-5-4-6-9-24/h4-13,16-17,19,23,30-31H,14-15,18,20H2,1-3H3,(H,37,43)(H,38,44)(H,40,45)/t23-,30+,31-/m0/s1. The number of aromatic amines is 1. The second-order valence-corrected chi connectivity index (χ2v) is 11.5. The molecule has 0 bridgehead atoms. The highest BCUT2D eigenvalue weighted by molar-refractivity contribution is 5.97. The number of H-pyrrole nitrogens is 1. The summed E-state index contributed by atoms with van der Waals surface area (Å²) < 4.78 is 14.2. The van der Waals surface area contributed by atoms with Gasteiger partial charge in [0.25, 0.3) is 17.4 Å². The Bertz CT molecular complexity index is 1770. The van der Waals surface area contributed by atoms with Crippen LogP contribution in [0.3, 0.4) is 0 Å². The van der Waals surface area contributed by atoms with Gasteiger partial charge in [0.1, 0.15) is 5.82 Å². The molecule has 3 aromatic carbocycles. The zero-order chi connectivity index (χ0) is 32.1. The first kappa shape index (κ1) is 31.3. The Morgan fingerprint density at radius 2 is 1.71 bits per heavy atom. The second-order valence-electron chi connectivity index (χ2n) is 11.5. The van der Waals surface area contributed by atoms with Crippen molar-refractivity contribution in [1.82, 2.24) is 25.7 Å². The quantitative estimate of drug-likeness (QED) is 0.260. The van der Waals surface area contributed by atoms with Gasteiger partial charge in [-0.05, 0) is 92.8 Å². The van der Waals surface area contributed by atoms with Gasteiger partial charge in [0.05, 0.1) is 24.3 Å². The zero-order valence-corrected chi connectivity index (χ0v) is 25.5. The van der Waals surface area contributed by atoms with E-state index in [0.717, 1.165) is 11.1 Å². The van der Waals surface area contributed by atoms with Gasteiger partial charge < -0.3 is 15.5 Å². The van der Waals surface area contributed by atoms with Crippen molar-refractivity contribution in [1.29, 1.82) is 0 Å². The molecule has 3 N–H and O–H groups in total. The Hall–Kier alpha value is -5.12. The van der Waals surface area contributed by atoms with Crippen molar-refractivity contribution < 1.29 is 18.8 Å². The first-order valence-corrected chi connectivity index (χ1v) is 15.0. The summed E-state index contributed by atoms with van der Waals surface area (Å²) in [6.45, 7) is 5.24. The molecule has 5 rings (SSSR count). The lowest BCUT2D eigenvalue weighted by atomic mass is 9.99. The highest BCUT2D eigenvalue weighted by atomic mass is 19.1. The highest BCUT2D eigenvalue weighted by Gasteiger charge is 2.40. The van der Waals surface area contributed by atoms with Crippen LogP contribution in [-0.4, -0.2) is 51.4 Å². The minimum atomic E-state index is -0.418. The Labute approximate surface area is 260 Å². The van der Waals surface area contributed by atoms with Crippen LogP contribution in [0.25, 0.3) is 0 Å². The van der Waals surface area contributed by atoms with Crippen molar-refractivity contribution in [2.24, 2.45) is 0 Å². The van der Waals surface area contributed by atoms with E-state index < -0.39 is 23.8 Å². The smallest absolute Gasteiger partial charge is 0.267 e. The maximum atomic E-state index is 14.2. The molecular weight excluding hydrogens is 573 g/mol. The van der Waals surface area contributed by atoms with Gasteiger partial charge in [0.2, 0.25) is 5.91 Å². The van der Waals surface area contributed by atoms with Crippen LogP contribution >= 0.6 is 0 Å². The predicted octanol–water partition coefficient (Wildman–Crippen LogP) is 4.40. The Kier molecular flexibility index (Phi) is 9.51. The molecule has 45 heavy (non-hydrogen) atoms. The van der Waals surface area contributed by atoms with Crippen molar-refractivity contribution in [3.05, 3.63) is 134 Å². The largest absolute Gasteiger partial charge is 0.348 e. The molecule has 4 aromatic rings. The number of hydrogen-bond donors (Lipinski definition) is 3. The van der Waals surface area contributed by atoms with E-state index in [-0.39, 0.29) is 30.0 Å². The van der Waals surface area contributed by atoms with Crippen LogP contribution in [0, 0.1) is 19.7 Å². The number of nitrogens with zero attached hydrogens (tertiary/aromatic N) is 2. The minimum Gasteiger partial charge on any atom is -0.348 e. The normalized spacial score (nSPS) is 16.7. The molecule has 232 valence electrons. The van der Waals surface area contributed by atoms with E-state index in [1.807, 2.05) is 19.9 Å². The van der Waals surface area contributed by atoms with E-state index in [0.29, 0.717) is 47.2 Å². The maximum absolute atomic E-state index is 14.2. The summed E-state index contributed by atoms with van der Waals surface area (Å²) in [6, 6.07) is 20.8. The lowest BCUT2D eigenvalue weighted by Gasteiger charge is -2.34. The van der Waals surface area contributed by atoms with Gasteiger partial charge in [-0.25, -0.2) is 9.49 Å². The molecule has 2 heterocycles. The Morgan fingerprint density at radius 1 is 0.933 bits per heavy atom. The minimum absolute atomic E-state index is 0.250. The number of rotatable bonds is 9. The van der Waals surface area contributed by atoms with E-state index in [4.69, 9.17) is 0 Å². The molecule has 0 saturated carbocycles. The summed E-state index contributed by atoms with van der Waals surface area (Å²) in [5.41, 5.74) is 4.30. The number of likely N-dealkylation sites (tertiary alicyclic amines) is 1. The third-order valence-corrected chi connectivity index (χ3v) is 8.32. The molecule has 1 aromatic heterocycles. The van der Waals surface area contributed by atoms with Gasteiger partial charge in [-0.3, -0.25) is 19.2 Å². The third-order valence-electron chi connectivity index (χ3n) is 8.32. The van der Waals surface area contributed by atoms with E-state index >= 15 is 0 Å². The van der Waals surface area contributed by atoms with Crippen LogP contribution in [0.1, 0.15) is 74.5 Å². The molecule has 3 amide bonds. The van der Waals surface area contributed by atoms with Gasteiger partial charge in [-0.2, -0.15) is 5.10 Å². The zero-order valence-electron chi connectivity index (χ0n) is 25.5. The summed E-state index contributed by atoms with van der Waals surface area (Å²) in [4.78, 5) is 53.7. The van der Waals surface area contributed by atoms with Crippen molar-refractivity contribution in [3.8, 4) is 0 Å². The summed E-state index contributed by atoms with van der Waals surface area (Å²) in [7, 11) is 0. The number of halogens is 1. The second kappa shape index (κ2) is 13.7. The molecule has 3 atom stereocenters. The van der Waals surface area contributed by atoms with Crippen molar-refractivity contribution in [2.75, 3.05) is 6.54 Å². The van der Waals surface area contributed by atoms with Crippen LogP contribution in [0.2, 0.25) is 0 Å². The predicted molar refractivity (Wildman–Crippen MR) is 168 cm³/mol. The van der Waals surface area contributed by atoms with Crippen molar-refractivity contribution in [3.63, 3.8) is 0 Å². The first-order valence-electron chi connectivity index (χ1n) is 15.0. The monoisotopic (exact) mass is 609 g/mol. The number of carbonyl (C=O) groups is 3. The topological polar surface area (TPSA) is 124 Å². The number of amides is 3. The summed E-state index contributed by atoms with van der Waals surface area (Å²) in [5, 5.41) is 12.2. The molecule has 1 aliphatic heterocycles. The summed E-state index contributed by atoms with van der Waals surface area (Å²) in [6.07, 6.45) is 1.57. The molecule has 1 saturated heterocycles. The van der Waals surface area contributed by atoms with E-state index in [9.17, 15) is 23.6 Å². The maximum Gasteiger partial charge on any atom is 0.267 e. The molecular formula is C35H36FN5O4. The summed E-state index contributed by atoms with van der Waals surface area (Å²) >= 11 is 0. The number of carbonyl (C=O) groups excluding carboxylic acids is 3. The number of nitrogens with one attached hydrogen (secondary N) is 3. The lowest BCUT2D eigenvalue weighted by molar-refractivity contribution is -0.133. The molecule has 0 spiro atoms. The van der Waals surface area contributed by atoms with Gasteiger partial charge in [-0.1, -0.05) is 36.4 Å². The molecule has 0 radical (unpaired) electrons. The van der Waals surface area contributed by atoms with E-state index in [1.54, 1.807) is 72.5 Å².